The SMILES string of the molecule is CCNC(CO)CCN1CCCC(C)C1. The summed E-state index contributed by atoms with van der Waals surface area (Å²) in [6, 6.07) is 0.284. The van der Waals surface area contributed by atoms with Crippen molar-refractivity contribution in [2.75, 3.05) is 32.8 Å². The van der Waals surface area contributed by atoms with E-state index in [1.165, 1.54) is 25.9 Å². The molecule has 1 saturated heterocycles. The van der Waals surface area contributed by atoms with Crippen LogP contribution < -0.4 is 5.32 Å². The molecule has 0 aliphatic carbocycles. The molecule has 2 unspecified atom stereocenters. The second-order valence-corrected chi connectivity index (χ2v) is 4.77. The lowest BCUT2D eigenvalue weighted by molar-refractivity contribution is 0.162. The van der Waals surface area contributed by atoms with Crippen LogP contribution in [0.4, 0.5) is 0 Å². The number of hydrogen-bond donors (Lipinski definition) is 2. The van der Waals surface area contributed by atoms with E-state index in [1.807, 2.05) is 0 Å². The smallest absolute Gasteiger partial charge is 0.0585 e. The maximum Gasteiger partial charge on any atom is 0.0585 e. The number of aliphatic hydroxyl groups excluding tert-OH is 1. The largest absolute Gasteiger partial charge is 0.395 e. The Labute approximate surface area is 93.9 Å². The molecule has 1 aliphatic rings. The molecule has 1 rings (SSSR count). The zero-order valence-corrected chi connectivity index (χ0v) is 10.2. The second-order valence-electron chi connectivity index (χ2n) is 4.77. The van der Waals surface area contributed by atoms with Gasteiger partial charge < -0.3 is 15.3 Å². The van der Waals surface area contributed by atoms with Crippen LogP contribution in [-0.4, -0.2) is 48.8 Å². The first-order chi connectivity index (χ1) is 7.26. The van der Waals surface area contributed by atoms with Gasteiger partial charge in [-0.2, -0.15) is 0 Å². The number of rotatable bonds is 6. The van der Waals surface area contributed by atoms with Crippen LogP contribution in [0.5, 0.6) is 0 Å². The molecule has 3 heteroatoms. The molecule has 2 N–H and O–H groups in total. The third-order valence-corrected chi connectivity index (χ3v) is 3.25. The number of piperidine rings is 1. The summed E-state index contributed by atoms with van der Waals surface area (Å²) in [5.41, 5.74) is 0. The summed E-state index contributed by atoms with van der Waals surface area (Å²) in [6.07, 6.45) is 3.79. The fraction of sp³-hybridized carbons (Fsp3) is 1.00. The summed E-state index contributed by atoms with van der Waals surface area (Å²) in [5, 5.41) is 12.5. The highest BCUT2D eigenvalue weighted by Crippen LogP contribution is 2.15. The van der Waals surface area contributed by atoms with Crippen molar-refractivity contribution >= 4 is 0 Å². The third kappa shape index (κ3) is 4.96. The minimum Gasteiger partial charge on any atom is -0.395 e. The van der Waals surface area contributed by atoms with Gasteiger partial charge in [0.05, 0.1) is 6.61 Å². The van der Waals surface area contributed by atoms with Crippen LogP contribution in [0.1, 0.15) is 33.1 Å². The molecule has 3 nitrogen and oxygen atoms in total. The van der Waals surface area contributed by atoms with E-state index in [0.29, 0.717) is 0 Å². The van der Waals surface area contributed by atoms with Gasteiger partial charge in [-0.1, -0.05) is 13.8 Å². The van der Waals surface area contributed by atoms with Crippen LogP contribution in [0, 0.1) is 5.92 Å². The van der Waals surface area contributed by atoms with Crippen molar-refractivity contribution in [3.63, 3.8) is 0 Å². The normalized spacial score (nSPS) is 25.4. The molecular formula is C12H26N2O. The topological polar surface area (TPSA) is 35.5 Å². The third-order valence-electron chi connectivity index (χ3n) is 3.25. The van der Waals surface area contributed by atoms with Gasteiger partial charge in [-0.15, -0.1) is 0 Å². The fourth-order valence-electron chi connectivity index (χ4n) is 2.37. The maximum absolute atomic E-state index is 9.16. The van der Waals surface area contributed by atoms with E-state index in [2.05, 4.69) is 24.1 Å². The average molecular weight is 214 g/mol. The lowest BCUT2D eigenvalue weighted by atomic mass is 10.00. The maximum atomic E-state index is 9.16. The van der Waals surface area contributed by atoms with Crippen molar-refractivity contribution in [1.82, 2.24) is 10.2 Å². The van der Waals surface area contributed by atoms with E-state index in [-0.39, 0.29) is 12.6 Å². The molecule has 0 amide bonds. The van der Waals surface area contributed by atoms with Crippen LogP contribution >= 0.6 is 0 Å². The summed E-state index contributed by atoms with van der Waals surface area (Å²) < 4.78 is 0. The number of nitrogens with one attached hydrogen (secondary N) is 1. The Balaban J connectivity index is 2.16. The average Bonchev–Trinajstić information content (AvgIpc) is 2.24. The van der Waals surface area contributed by atoms with Gasteiger partial charge in [-0.05, 0) is 44.8 Å². The van der Waals surface area contributed by atoms with E-state index in [9.17, 15) is 0 Å². The van der Waals surface area contributed by atoms with E-state index in [0.717, 1.165) is 25.4 Å². The number of hydrogen-bond acceptors (Lipinski definition) is 3. The van der Waals surface area contributed by atoms with Gasteiger partial charge in [0.2, 0.25) is 0 Å². The van der Waals surface area contributed by atoms with Crippen LogP contribution in [0.3, 0.4) is 0 Å². The summed E-state index contributed by atoms with van der Waals surface area (Å²) >= 11 is 0. The van der Waals surface area contributed by atoms with Crippen molar-refractivity contribution in [1.29, 1.82) is 0 Å². The summed E-state index contributed by atoms with van der Waals surface area (Å²) in [7, 11) is 0. The first-order valence-corrected chi connectivity index (χ1v) is 6.32. The molecule has 1 fully saturated rings. The number of nitrogens with zero attached hydrogens (tertiary/aromatic N) is 1. The molecule has 1 heterocycles. The predicted molar refractivity (Wildman–Crippen MR) is 64.0 cm³/mol. The molecule has 90 valence electrons. The van der Waals surface area contributed by atoms with Gasteiger partial charge in [0.25, 0.3) is 0 Å². The molecule has 0 aromatic heterocycles. The van der Waals surface area contributed by atoms with Crippen molar-refractivity contribution in [3.8, 4) is 0 Å². The molecule has 1 aliphatic heterocycles. The van der Waals surface area contributed by atoms with E-state index in [1.54, 1.807) is 0 Å². The highest BCUT2D eigenvalue weighted by Gasteiger charge is 2.16. The standard InChI is InChI=1S/C12H26N2O/c1-3-13-12(10-15)6-8-14-7-4-5-11(2)9-14/h11-13,15H,3-10H2,1-2H3. The quantitative estimate of drug-likeness (QED) is 0.694. The zero-order valence-electron chi connectivity index (χ0n) is 10.2. The monoisotopic (exact) mass is 214 g/mol. The van der Waals surface area contributed by atoms with Gasteiger partial charge in [-0.3, -0.25) is 0 Å². The van der Waals surface area contributed by atoms with Crippen LogP contribution in [-0.2, 0) is 0 Å². The minimum absolute atomic E-state index is 0.261. The van der Waals surface area contributed by atoms with Crippen molar-refractivity contribution in [2.45, 2.75) is 39.2 Å². The second kappa shape index (κ2) is 7.20. The van der Waals surface area contributed by atoms with Crippen LogP contribution in [0.25, 0.3) is 0 Å². The Hall–Kier alpha value is -0.120. The number of likely N-dealkylation sites (tertiary alicyclic amines) is 1. The van der Waals surface area contributed by atoms with Gasteiger partial charge in [0.1, 0.15) is 0 Å². The minimum atomic E-state index is 0.261. The predicted octanol–water partition coefficient (Wildman–Crippen LogP) is 1.08. The highest BCUT2D eigenvalue weighted by atomic mass is 16.3. The molecule has 0 radical (unpaired) electrons. The Morgan fingerprint density at radius 2 is 2.33 bits per heavy atom. The molecule has 0 saturated carbocycles. The molecule has 0 spiro atoms. The Morgan fingerprint density at radius 1 is 1.53 bits per heavy atom. The van der Waals surface area contributed by atoms with Gasteiger partial charge in [0.15, 0.2) is 0 Å². The zero-order chi connectivity index (χ0) is 11.1. The summed E-state index contributed by atoms with van der Waals surface area (Å²) in [6.45, 7) is 9.24. The molecule has 15 heavy (non-hydrogen) atoms. The first kappa shape index (κ1) is 12.9. The molecular weight excluding hydrogens is 188 g/mol. The first-order valence-electron chi connectivity index (χ1n) is 6.32. The van der Waals surface area contributed by atoms with E-state index < -0.39 is 0 Å². The van der Waals surface area contributed by atoms with Crippen LogP contribution in [0.2, 0.25) is 0 Å². The molecule has 0 aromatic carbocycles. The fourth-order valence-corrected chi connectivity index (χ4v) is 2.37. The van der Waals surface area contributed by atoms with Gasteiger partial charge >= 0.3 is 0 Å². The van der Waals surface area contributed by atoms with Gasteiger partial charge in [0, 0.05) is 12.6 Å². The van der Waals surface area contributed by atoms with E-state index in [4.69, 9.17) is 5.11 Å². The van der Waals surface area contributed by atoms with Crippen molar-refractivity contribution < 1.29 is 5.11 Å². The van der Waals surface area contributed by atoms with Crippen LogP contribution in [0.15, 0.2) is 0 Å². The lowest BCUT2D eigenvalue weighted by Crippen LogP contribution is -2.40. The van der Waals surface area contributed by atoms with E-state index >= 15 is 0 Å². The Bertz CT molecular complexity index is 164. The summed E-state index contributed by atoms with van der Waals surface area (Å²) in [5.74, 6) is 0.852. The van der Waals surface area contributed by atoms with Gasteiger partial charge in [-0.25, -0.2) is 0 Å². The lowest BCUT2D eigenvalue weighted by Gasteiger charge is -2.31. The Morgan fingerprint density at radius 3 is 2.93 bits per heavy atom. The molecule has 2 atom stereocenters. The molecule has 0 aromatic rings. The number of aliphatic hydroxyl groups is 1. The van der Waals surface area contributed by atoms with Crippen molar-refractivity contribution in [3.05, 3.63) is 0 Å². The highest BCUT2D eigenvalue weighted by molar-refractivity contribution is 4.73. The summed E-state index contributed by atoms with van der Waals surface area (Å²) in [4.78, 5) is 2.54. The number of likely N-dealkylation sites (N-methyl/N-ethyl adjacent to an activating group) is 1. The Kier molecular flexibility index (Phi) is 6.22. The van der Waals surface area contributed by atoms with Crippen molar-refractivity contribution in [2.24, 2.45) is 5.92 Å². The molecule has 0 bridgehead atoms.